The predicted octanol–water partition coefficient (Wildman–Crippen LogP) is 3.65. The van der Waals surface area contributed by atoms with Crippen LogP contribution in [0.15, 0.2) is 42.5 Å². The average Bonchev–Trinajstić information content (AvgIpc) is 2.28. The fourth-order valence-electron chi connectivity index (χ4n) is 1.96. The molecular formula is C15H18N2. The van der Waals surface area contributed by atoms with Gasteiger partial charge in [0.15, 0.2) is 0 Å². The van der Waals surface area contributed by atoms with Gasteiger partial charge in [-0.3, -0.25) is 0 Å². The van der Waals surface area contributed by atoms with Crippen LogP contribution in [0.1, 0.15) is 11.1 Å². The quantitative estimate of drug-likeness (QED) is 0.792. The molecule has 0 saturated carbocycles. The normalized spacial score (nSPS) is 10.3. The molecule has 0 saturated heterocycles. The SMILES string of the molecule is Cc1cccc(N(C)c2ccc(C)cc2N)c1. The van der Waals surface area contributed by atoms with E-state index in [2.05, 4.69) is 48.2 Å². The highest BCUT2D eigenvalue weighted by molar-refractivity contribution is 5.75. The average molecular weight is 226 g/mol. The zero-order chi connectivity index (χ0) is 12.4. The van der Waals surface area contributed by atoms with E-state index in [1.165, 1.54) is 11.1 Å². The number of anilines is 3. The third kappa shape index (κ3) is 2.41. The van der Waals surface area contributed by atoms with Crippen LogP contribution >= 0.6 is 0 Å². The Balaban J connectivity index is 2.40. The van der Waals surface area contributed by atoms with E-state index in [1.54, 1.807) is 0 Å². The molecule has 0 spiro atoms. The molecule has 2 nitrogen and oxygen atoms in total. The van der Waals surface area contributed by atoms with Crippen LogP contribution in [0.5, 0.6) is 0 Å². The summed E-state index contributed by atoms with van der Waals surface area (Å²) >= 11 is 0. The number of benzene rings is 2. The van der Waals surface area contributed by atoms with E-state index in [-0.39, 0.29) is 0 Å². The zero-order valence-corrected chi connectivity index (χ0v) is 10.6. The van der Waals surface area contributed by atoms with Crippen LogP contribution in [0, 0.1) is 13.8 Å². The highest BCUT2D eigenvalue weighted by atomic mass is 15.1. The zero-order valence-electron chi connectivity index (χ0n) is 10.6. The van der Waals surface area contributed by atoms with Crippen molar-refractivity contribution in [1.29, 1.82) is 0 Å². The Morgan fingerprint density at radius 1 is 0.941 bits per heavy atom. The van der Waals surface area contributed by atoms with Crippen molar-refractivity contribution in [3.8, 4) is 0 Å². The minimum Gasteiger partial charge on any atom is -0.397 e. The van der Waals surface area contributed by atoms with E-state index in [0.717, 1.165) is 17.1 Å². The van der Waals surface area contributed by atoms with Crippen molar-refractivity contribution in [2.75, 3.05) is 17.7 Å². The van der Waals surface area contributed by atoms with E-state index >= 15 is 0 Å². The molecule has 0 fully saturated rings. The summed E-state index contributed by atoms with van der Waals surface area (Å²) in [7, 11) is 2.04. The van der Waals surface area contributed by atoms with Gasteiger partial charge >= 0.3 is 0 Å². The number of hydrogen-bond acceptors (Lipinski definition) is 2. The molecule has 0 aliphatic rings. The molecule has 2 aromatic rings. The highest BCUT2D eigenvalue weighted by Crippen LogP contribution is 2.29. The molecule has 0 amide bonds. The van der Waals surface area contributed by atoms with Crippen molar-refractivity contribution in [1.82, 2.24) is 0 Å². The molecule has 2 heteroatoms. The van der Waals surface area contributed by atoms with Gasteiger partial charge in [0.05, 0.1) is 11.4 Å². The van der Waals surface area contributed by atoms with Crippen LogP contribution in [-0.2, 0) is 0 Å². The monoisotopic (exact) mass is 226 g/mol. The molecule has 0 aromatic heterocycles. The lowest BCUT2D eigenvalue weighted by molar-refractivity contribution is 1.20. The Bertz CT molecular complexity index is 532. The third-order valence-corrected chi connectivity index (χ3v) is 2.93. The summed E-state index contributed by atoms with van der Waals surface area (Å²) < 4.78 is 0. The maximum atomic E-state index is 6.06. The molecule has 0 atom stereocenters. The van der Waals surface area contributed by atoms with Gasteiger partial charge in [-0.05, 0) is 49.2 Å². The second-order valence-electron chi connectivity index (χ2n) is 4.46. The largest absolute Gasteiger partial charge is 0.397 e. The Labute approximate surface area is 103 Å². The smallest absolute Gasteiger partial charge is 0.0641 e. The number of rotatable bonds is 2. The van der Waals surface area contributed by atoms with Gasteiger partial charge < -0.3 is 10.6 Å². The summed E-state index contributed by atoms with van der Waals surface area (Å²) in [5.41, 5.74) is 11.5. The second-order valence-corrected chi connectivity index (χ2v) is 4.46. The van der Waals surface area contributed by atoms with Gasteiger partial charge in [-0.25, -0.2) is 0 Å². The Hall–Kier alpha value is -1.96. The van der Waals surface area contributed by atoms with Crippen molar-refractivity contribution >= 4 is 17.1 Å². The standard InChI is InChI=1S/C15H18N2/c1-11-5-4-6-13(9-11)17(3)15-8-7-12(2)10-14(15)16/h4-10H,16H2,1-3H3. The summed E-state index contributed by atoms with van der Waals surface area (Å²) in [6.07, 6.45) is 0. The lowest BCUT2D eigenvalue weighted by Gasteiger charge is -2.22. The summed E-state index contributed by atoms with van der Waals surface area (Å²) in [5.74, 6) is 0. The highest BCUT2D eigenvalue weighted by Gasteiger charge is 2.07. The Morgan fingerprint density at radius 3 is 2.29 bits per heavy atom. The molecule has 2 rings (SSSR count). The first-order valence-corrected chi connectivity index (χ1v) is 5.74. The predicted molar refractivity (Wildman–Crippen MR) is 74.8 cm³/mol. The van der Waals surface area contributed by atoms with E-state index in [9.17, 15) is 0 Å². The van der Waals surface area contributed by atoms with Crippen molar-refractivity contribution in [3.63, 3.8) is 0 Å². The maximum absolute atomic E-state index is 6.06. The minimum atomic E-state index is 0.814. The lowest BCUT2D eigenvalue weighted by Crippen LogP contribution is -2.11. The van der Waals surface area contributed by atoms with Crippen LogP contribution in [0.2, 0.25) is 0 Å². The Morgan fingerprint density at radius 2 is 1.65 bits per heavy atom. The van der Waals surface area contributed by atoms with Crippen molar-refractivity contribution < 1.29 is 0 Å². The van der Waals surface area contributed by atoms with Gasteiger partial charge in [0, 0.05) is 12.7 Å². The summed E-state index contributed by atoms with van der Waals surface area (Å²) in [6, 6.07) is 14.5. The number of hydrogen-bond donors (Lipinski definition) is 1. The van der Waals surface area contributed by atoms with Gasteiger partial charge in [-0.1, -0.05) is 18.2 Å². The van der Waals surface area contributed by atoms with Gasteiger partial charge in [0.25, 0.3) is 0 Å². The van der Waals surface area contributed by atoms with Crippen molar-refractivity contribution in [2.24, 2.45) is 0 Å². The molecular weight excluding hydrogens is 208 g/mol. The number of aryl methyl sites for hydroxylation is 2. The van der Waals surface area contributed by atoms with Gasteiger partial charge in [0.1, 0.15) is 0 Å². The first-order chi connectivity index (χ1) is 8.08. The van der Waals surface area contributed by atoms with E-state index in [4.69, 9.17) is 5.73 Å². The second kappa shape index (κ2) is 4.50. The van der Waals surface area contributed by atoms with Gasteiger partial charge in [0.2, 0.25) is 0 Å². The number of nitrogens with two attached hydrogens (primary N) is 1. The molecule has 0 unspecified atom stereocenters. The first-order valence-electron chi connectivity index (χ1n) is 5.74. The molecule has 0 aliphatic carbocycles. The summed E-state index contributed by atoms with van der Waals surface area (Å²) in [5, 5.41) is 0. The number of nitrogen functional groups attached to an aromatic ring is 1. The maximum Gasteiger partial charge on any atom is 0.0641 e. The molecule has 0 radical (unpaired) electrons. The fraction of sp³-hybridized carbons (Fsp3) is 0.200. The third-order valence-electron chi connectivity index (χ3n) is 2.93. The van der Waals surface area contributed by atoms with E-state index < -0.39 is 0 Å². The molecule has 2 N–H and O–H groups in total. The van der Waals surface area contributed by atoms with E-state index in [1.807, 2.05) is 20.0 Å². The summed E-state index contributed by atoms with van der Waals surface area (Å²) in [4.78, 5) is 2.11. The van der Waals surface area contributed by atoms with Crippen LogP contribution in [-0.4, -0.2) is 7.05 Å². The molecule has 0 aliphatic heterocycles. The van der Waals surface area contributed by atoms with E-state index in [0.29, 0.717) is 0 Å². The molecule has 0 heterocycles. The number of nitrogens with zero attached hydrogens (tertiary/aromatic N) is 1. The minimum absolute atomic E-state index is 0.814. The Kier molecular flexibility index (Phi) is 3.05. The lowest BCUT2D eigenvalue weighted by atomic mass is 10.1. The molecule has 0 bridgehead atoms. The molecule has 88 valence electrons. The topological polar surface area (TPSA) is 29.3 Å². The van der Waals surface area contributed by atoms with Crippen LogP contribution in [0.4, 0.5) is 17.1 Å². The van der Waals surface area contributed by atoms with Crippen LogP contribution < -0.4 is 10.6 Å². The van der Waals surface area contributed by atoms with Gasteiger partial charge in [-0.2, -0.15) is 0 Å². The fourth-order valence-corrected chi connectivity index (χ4v) is 1.96. The van der Waals surface area contributed by atoms with Crippen LogP contribution in [0.3, 0.4) is 0 Å². The molecule has 17 heavy (non-hydrogen) atoms. The summed E-state index contributed by atoms with van der Waals surface area (Å²) in [6.45, 7) is 4.14. The van der Waals surface area contributed by atoms with Crippen molar-refractivity contribution in [3.05, 3.63) is 53.6 Å². The first kappa shape index (κ1) is 11.5. The van der Waals surface area contributed by atoms with Gasteiger partial charge in [-0.15, -0.1) is 0 Å². The molecule has 2 aromatic carbocycles. The van der Waals surface area contributed by atoms with Crippen LogP contribution in [0.25, 0.3) is 0 Å². The van der Waals surface area contributed by atoms with Crippen molar-refractivity contribution in [2.45, 2.75) is 13.8 Å².